The van der Waals surface area contributed by atoms with Crippen LogP contribution in [0.15, 0.2) is 0 Å². The molecule has 0 aromatic heterocycles. The van der Waals surface area contributed by atoms with Crippen LogP contribution >= 0.6 is 24.0 Å². The van der Waals surface area contributed by atoms with Crippen LogP contribution in [0.5, 0.6) is 0 Å². The number of hydrogen-bond donors (Lipinski definition) is 1. The van der Waals surface area contributed by atoms with E-state index in [1.165, 1.54) is 6.26 Å². The van der Waals surface area contributed by atoms with Crippen LogP contribution in [0, 0.1) is 0 Å². The summed E-state index contributed by atoms with van der Waals surface area (Å²) < 4.78 is 23.3. The van der Waals surface area contributed by atoms with Gasteiger partial charge in [-0.3, -0.25) is 4.90 Å². The third-order valence-electron chi connectivity index (χ3n) is 2.68. The van der Waals surface area contributed by atoms with Gasteiger partial charge in [-0.05, 0) is 6.92 Å². The molecule has 1 rings (SSSR count). The lowest BCUT2D eigenvalue weighted by Crippen LogP contribution is -2.51. The molecule has 1 fully saturated rings. The predicted molar refractivity (Wildman–Crippen MR) is 73.5 cm³/mol. The molecule has 2 unspecified atom stereocenters. The number of thioether (sulfide) groups is 1. The molecular formula is C9H18N2O2S3. The van der Waals surface area contributed by atoms with Gasteiger partial charge >= 0.3 is 0 Å². The van der Waals surface area contributed by atoms with Crippen LogP contribution in [0.25, 0.3) is 0 Å². The molecule has 4 nitrogen and oxygen atoms in total. The highest BCUT2D eigenvalue weighted by Crippen LogP contribution is 2.23. The molecule has 94 valence electrons. The van der Waals surface area contributed by atoms with Gasteiger partial charge in [0.15, 0.2) is 9.84 Å². The molecule has 0 aromatic carbocycles. The molecule has 2 atom stereocenters. The van der Waals surface area contributed by atoms with E-state index in [0.29, 0.717) is 17.2 Å². The van der Waals surface area contributed by atoms with E-state index in [9.17, 15) is 8.42 Å². The Morgan fingerprint density at radius 3 is 2.81 bits per heavy atom. The zero-order valence-corrected chi connectivity index (χ0v) is 12.0. The van der Waals surface area contributed by atoms with E-state index in [1.807, 2.05) is 11.8 Å². The number of nitrogens with two attached hydrogens (primary N) is 1. The van der Waals surface area contributed by atoms with Crippen LogP contribution in [-0.2, 0) is 9.84 Å². The van der Waals surface area contributed by atoms with Gasteiger partial charge in [0, 0.05) is 36.8 Å². The van der Waals surface area contributed by atoms with Gasteiger partial charge in [0.2, 0.25) is 0 Å². The summed E-state index contributed by atoms with van der Waals surface area (Å²) in [6, 6.07) is 0.0955. The summed E-state index contributed by atoms with van der Waals surface area (Å²) in [7, 11) is -3.03. The maximum Gasteiger partial charge on any atom is 0.164 e. The Morgan fingerprint density at radius 2 is 2.31 bits per heavy atom. The Kier molecular flexibility index (Phi) is 5.03. The van der Waals surface area contributed by atoms with Crippen molar-refractivity contribution >= 4 is 38.8 Å². The zero-order valence-electron chi connectivity index (χ0n) is 9.55. The first-order chi connectivity index (χ1) is 7.32. The SMILES string of the molecule is CC(CC(N)=S)N1CCSCC1S(C)(=O)=O. The van der Waals surface area contributed by atoms with Crippen molar-refractivity contribution in [3.63, 3.8) is 0 Å². The van der Waals surface area contributed by atoms with Gasteiger partial charge in [0.1, 0.15) is 5.37 Å². The quantitative estimate of drug-likeness (QED) is 0.756. The van der Waals surface area contributed by atoms with Crippen LogP contribution in [-0.4, -0.2) is 54.0 Å². The number of nitrogens with zero attached hydrogens (tertiary/aromatic N) is 1. The molecule has 1 aliphatic rings. The van der Waals surface area contributed by atoms with Gasteiger partial charge in [-0.1, -0.05) is 12.2 Å². The normalized spacial score (nSPS) is 25.2. The highest BCUT2D eigenvalue weighted by Gasteiger charge is 2.33. The molecule has 1 heterocycles. The van der Waals surface area contributed by atoms with E-state index < -0.39 is 15.2 Å². The molecule has 0 bridgehead atoms. The van der Waals surface area contributed by atoms with Crippen molar-refractivity contribution in [1.29, 1.82) is 0 Å². The Balaban J connectivity index is 2.78. The molecule has 0 spiro atoms. The predicted octanol–water partition coefficient (Wildman–Crippen LogP) is 0.471. The van der Waals surface area contributed by atoms with E-state index in [0.717, 1.165) is 12.3 Å². The third-order valence-corrected chi connectivity index (χ3v) is 5.51. The summed E-state index contributed by atoms with van der Waals surface area (Å²) in [5.41, 5.74) is 5.50. The Morgan fingerprint density at radius 1 is 1.69 bits per heavy atom. The van der Waals surface area contributed by atoms with Gasteiger partial charge in [0.05, 0.1) is 4.99 Å². The molecular weight excluding hydrogens is 264 g/mol. The van der Waals surface area contributed by atoms with Crippen LogP contribution in [0.1, 0.15) is 13.3 Å². The van der Waals surface area contributed by atoms with Crippen molar-refractivity contribution in [3.8, 4) is 0 Å². The van der Waals surface area contributed by atoms with Gasteiger partial charge < -0.3 is 5.73 Å². The monoisotopic (exact) mass is 282 g/mol. The first-order valence-corrected chi connectivity index (χ1v) is 8.64. The van der Waals surface area contributed by atoms with Crippen LogP contribution in [0.4, 0.5) is 0 Å². The molecule has 0 amide bonds. The van der Waals surface area contributed by atoms with Crippen LogP contribution in [0.3, 0.4) is 0 Å². The Bertz CT molecular complexity index is 356. The maximum absolute atomic E-state index is 11.7. The molecule has 1 saturated heterocycles. The molecule has 16 heavy (non-hydrogen) atoms. The number of hydrogen-bond acceptors (Lipinski definition) is 5. The van der Waals surface area contributed by atoms with Crippen LogP contribution < -0.4 is 5.73 Å². The second-order valence-corrected chi connectivity index (χ2v) is 7.99. The van der Waals surface area contributed by atoms with Crippen LogP contribution in [0.2, 0.25) is 0 Å². The van der Waals surface area contributed by atoms with E-state index in [2.05, 4.69) is 0 Å². The molecule has 7 heteroatoms. The lowest BCUT2D eigenvalue weighted by Gasteiger charge is -2.38. The second-order valence-electron chi connectivity index (χ2n) is 4.12. The summed E-state index contributed by atoms with van der Waals surface area (Å²) in [6.45, 7) is 2.76. The van der Waals surface area contributed by atoms with E-state index in [4.69, 9.17) is 18.0 Å². The lowest BCUT2D eigenvalue weighted by molar-refractivity contribution is 0.209. The lowest BCUT2D eigenvalue weighted by atomic mass is 10.2. The summed E-state index contributed by atoms with van der Waals surface area (Å²) in [5, 5.41) is -0.393. The second kappa shape index (κ2) is 5.66. The third kappa shape index (κ3) is 3.87. The fourth-order valence-electron chi connectivity index (χ4n) is 1.88. The number of rotatable bonds is 4. The van der Waals surface area contributed by atoms with Crippen molar-refractivity contribution < 1.29 is 8.42 Å². The first kappa shape index (κ1) is 14.2. The maximum atomic E-state index is 11.7. The Labute approximate surface area is 107 Å². The summed E-state index contributed by atoms with van der Waals surface area (Å²) in [6.07, 6.45) is 1.87. The topological polar surface area (TPSA) is 63.4 Å². The van der Waals surface area contributed by atoms with E-state index in [1.54, 1.807) is 11.8 Å². The number of thiocarbonyl (C=S) groups is 1. The van der Waals surface area contributed by atoms with Gasteiger partial charge in [0.25, 0.3) is 0 Å². The van der Waals surface area contributed by atoms with Crippen molar-refractivity contribution in [2.45, 2.75) is 24.8 Å². The van der Waals surface area contributed by atoms with Crippen molar-refractivity contribution in [3.05, 3.63) is 0 Å². The minimum atomic E-state index is -3.03. The average molecular weight is 282 g/mol. The number of sulfone groups is 1. The van der Waals surface area contributed by atoms with Gasteiger partial charge in [-0.2, -0.15) is 11.8 Å². The summed E-state index contributed by atoms with van der Waals surface area (Å²) in [5.74, 6) is 1.61. The summed E-state index contributed by atoms with van der Waals surface area (Å²) in [4.78, 5) is 2.45. The van der Waals surface area contributed by atoms with Crippen molar-refractivity contribution in [2.75, 3.05) is 24.3 Å². The Hall–Kier alpha value is 0.150. The largest absolute Gasteiger partial charge is 0.393 e. The average Bonchev–Trinajstić information content (AvgIpc) is 2.15. The fraction of sp³-hybridized carbons (Fsp3) is 0.889. The van der Waals surface area contributed by atoms with Crippen molar-refractivity contribution in [1.82, 2.24) is 4.90 Å². The highest BCUT2D eigenvalue weighted by molar-refractivity contribution is 8.00. The standard InChI is InChI=1S/C9H18N2O2S3/c1-7(5-8(10)14)11-3-4-15-6-9(11)16(2,12)13/h7,9H,3-6H2,1-2H3,(H2,10,14). The van der Waals surface area contributed by atoms with Crippen molar-refractivity contribution in [2.24, 2.45) is 5.73 Å². The minimum absolute atomic E-state index is 0.0955. The molecule has 0 aliphatic carbocycles. The first-order valence-electron chi connectivity index (χ1n) is 5.13. The van der Waals surface area contributed by atoms with Gasteiger partial charge in [-0.15, -0.1) is 0 Å². The molecule has 0 saturated carbocycles. The molecule has 0 aromatic rings. The minimum Gasteiger partial charge on any atom is -0.393 e. The van der Waals surface area contributed by atoms with Gasteiger partial charge in [-0.25, -0.2) is 8.42 Å². The zero-order chi connectivity index (χ0) is 12.3. The highest BCUT2D eigenvalue weighted by atomic mass is 32.2. The van der Waals surface area contributed by atoms with E-state index >= 15 is 0 Å². The smallest absolute Gasteiger partial charge is 0.164 e. The molecule has 1 aliphatic heterocycles. The molecule has 2 N–H and O–H groups in total. The summed E-state index contributed by atoms with van der Waals surface area (Å²) >= 11 is 6.55. The molecule has 0 radical (unpaired) electrons. The fourth-order valence-corrected chi connectivity index (χ4v) is 5.10. The van der Waals surface area contributed by atoms with E-state index in [-0.39, 0.29) is 6.04 Å².